The van der Waals surface area contributed by atoms with E-state index < -0.39 is 11.9 Å². The van der Waals surface area contributed by atoms with Crippen molar-refractivity contribution in [2.75, 3.05) is 7.11 Å². The lowest BCUT2D eigenvalue weighted by atomic mass is 10.3. The van der Waals surface area contributed by atoms with Crippen molar-refractivity contribution in [2.24, 2.45) is 0 Å². The molecular formula is C9H7N3O5. The van der Waals surface area contributed by atoms with E-state index in [1.54, 1.807) is 0 Å². The summed E-state index contributed by atoms with van der Waals surface area (Å²) >= 11 is 0. The van der Waals surface area contributed by atoms with E-state index in [9.17, 15) is 14.7 Å². The molecule has 2 heterocycles. The first-order chi connectivity index (χ1) is 8.02. The van der Waals surface area contributed by atoms with E-state index in [1.165, 1.54) is 0 Å². The molecule has 0 bridgehead atoms. The predicted octanol–water partition coefficient (Wildman–Crippen LogP) is -0.0803. The second kappa shape index (κ2) is 3.74. The average Bonchev–Trinajstić information content (AvgIpc) is 2.66. The summed E-state index contributed by atoms with van der Waals surface area (Å²) in [6.45, 7) is 0. The van der Waals surface area contributed by atoms with E-state index in [0.717, 1.165) is 23.8 Å². The molecule has 0 amide bonds. The summed E-state index contributed by atoms with van der Waals surface area (Å²) in [5, 5.41) is 21.6. The van der Waals surface area contributed by atoms with Crippen molar-refractivity contribution < 1.29 is 24.5 Å². The van der Waals surface area contributed by atoms with Crippen LogP contribution in [0.4, 0.5) is 0 Å². The van der Waals surface area contributed by atoms with Gasteiger partial charge in [0.2, 0.25) is 5.88 Å². The lowest BCUT2D eigenvalue weighted by molar-refractivity contribution is 0.0590. The topological polar surface area (TPSA) is 114 Å². The summed E-state index contributed by atoms with van der Waals surface area (Å²) in [4.78, 5) is 25.9. The standard InChI is InChI=1S/C9H7N3O5/c1-17-9(16)5-2-4(8(14)15)10-6-3-7(13)11-12(5)6/h2-3H,1H3,(H,11,13)(H,14,15). The maximum Gasteiger partial charge on any atom is 0.356 e. The van der Waals surface area contributed by atoms with Crippen LogP contribution in [-0.4, -0.2) is 43.9 Å². The number of aromatic nitrogens is 3. The Morgan fingerprint density at radius 2 is 2.12 bits per heavy atom. The number of aromatic hydroxyl groups is 1. The smallest absolute Gasteiger partial charge is 0.356 e. The van der Waals surface area contributed by atoms with Gasteiger partial charge in [0.1, 0.15) is 0 Å². The van der Waals surface area contributed by atoms with Crippen molar-refractivity contribution in [3.8, 4) is 5.88 Å². The number of nitrogens with zero attached hydrogens (tertiary/aromatic N) is 3. The van der Waals surface area contributed by atoms with Crippen molar-refractivity contribution in [1.82, 2.24) is 14.6 Å². The highest BCUT2D eigenvalue weighted by Crippen LogP contribution is 2.14. The van der Waals surface area contributed by atoms with Gasteiger partial charge in [-0.1, -0.05) is 0 Å². The van der Waals surface area contributed by atoms with E-state index in [4.69, 9.17) is 5.11 Å². The van der Waals surface area contributed by atoms with Crippen LogP contribution < -0.4 is 0 Å². The fourth-order valence-corrected chi connectivity index (χ4v) is 1.32. The maximum atomic E-state index is 11.4. The van der Waals surface area contributed by atoms with Crippen LogP contribution >= 0.6 is 0 Å². The zero-order valence-electron chi connectivity index (χ0n) is 8.62. The SMILES string of the molecule is COC(=O)c1cc(C(=O)O)nc2cc(O)nn12. The predicted molar refractivity (Wildman–Crippen MR) is 53.0 cm³/mol. The molecule has 17 heavy (non-hydrogen) atoms. The molecule has 0 aliphatic carbocycles. The molecular weight excluding hydrogens is 230 g/mol. The Morgan fingerprint density at radius 3 is 2.71 bits per heavy atom. The number of ether oxygens (including phenoxy) is 1. The molecule has 0 aliphatic rings. The summed E-state index contributed by atoms with van der Waals surface area (Å²) in [7, 11) is 1.15. The minimum Gasteiger partial charge on any atom is -0.492 e. The van der Waals surface area contributed by atoms with Crippen molar-refractivity contribution in [3.05, 3.63) is 23.5 Å². The number of carbonyl (C=O) groups excluding carboxylic acids is 1. The first-order valence-corrected chi connectivity index (χ1v) is 4.44. The molecule has 0 saturated heterocycles. The average molecular weight is 237 g/mol. The third-order valence-corrected chi connectivity index (χ3v) is 2.03. The van der Waals surface area contributed by atoms with Gasteiger partial charge in [-0.05, 0) is 0 Å². The Morgan fingerprint density at radius 1 is 1.41 bits per heavy atom. The van der Waals surface area contributed by atoms with Gasteiger partial charge in [-0.3, -0.25) is 0 Å². The van der Waals surface area contributed by atoms with Gasteiger partial charge < -0.3 is 14.9 Å². The fraction of sp³-hybridized carbons (Fsp3) is 0.111. The molecule has 2 N–H and O–H groups in total. The minimum absolute atomic E-state index is 0.0443. The normalized spacial score (nSPS) is 10.4. The number of esters is 1. The van der Waals surface area contributed by atoms with Crippen LogP contribution in [0.1, 0.15) is 21.0 Å². The van der Waals surface area contributed by atoms with Gasteiger partial charge in [-0.25, -0.2) is 19.1 Å². The second-order valence-electron chi connectivity index (χ2n) is 3.10. The van der Waals surface area contributed by atoms with Crippen molar-refractivity contribution >= 4 is 17.6 Å². The van der Waals surface area contributed by atoms with E-state index >= 15 is 0 Å². The molecule has 0 aliphatic heterocycles. The van der Waals surface area contributed by atoms with E-state index in [-0.39, 0.29) is 22.9 Å². The van der Waals surface area contributed by atoms with E-state index in [1.807, 2.05) is 0 Å². The number of carbonyl (C=O) groups is 2. The van der Waals surface area contributed by atoms with E-state index in [2.05, 4.69) is 14.8 Å². The summed E-state index contributed by atoms with van der Waals surface area (Å²) < 4.78 is 5.49. The van der Waals surface area contributed by atoms with Gasteiger partial charge in [0.15, 0.2) is 17.0 Å². The lowest BCUT2D eigenvalue weighted by Gasteiger charge is -2.03. The van der Waals surface area contributed by atoms with E-state index in [0.29, 0.717) is 0 Å². The fourth-order valence-electron chi connectivity index (χ4n) is 1.32. The molecule has 2 aromatic heterocycles. The summed E-state index contributed by atoms with van der Waals surface area (Å²) in [6, 6.07) is 2.16. The number of hydrogen-bond donors (Lipinski definition) is 2. The summed E-state index contributed by atoms with van der Waals surface area (Å²) in [5.41, 5.74) is -0.421. The summed E-state index contributed by atoms with van der Waals surface area (Å²) in [5.74, 6) is -2.44. The molecule has 2 aromatic rings. The highest BCUT2D eigenvalue weighted by Gasteiger charge is 2.18. The summed E-state index contributed by atoms with van der Waals surface area (Å²) in [6.07, 6.45) is 0. The molecule has 0 aromatic carbocycles. The zero-order valence-corrected chi connectivity index (χ0v) is 8.62. The molecule has 0 unspecified atom stereocenters. The van der Waals surface area contributed by atoms with Gasteiger partial charge in [0.25, 0.3) is 0 Å². The molecule has 0 atom stereocenters. The monoisotopic (exact) mass is 237 g/mol. The number of hydrogen-bond acceptors (Lipinski definition) is 6. The highest BCUT2D eigenvalue weighted by molar-refractivity contribution is 5.93. The molecule has 88 valence electrons. The van der Waals surface area contributed by atoms with Crippen molar-refractivity contribution in [1.29, 1.82) is 0 Å². The van der Waals surface area contributed by atoms with Crippen LogP contribution in [0.15, 0.2) is 12.1 Å². The van der Waals surface area contributed by atoms with Gasteiger partial charge in [0, 0.05) is 12.1 Å². The van der Waals surface area contributed by atoms with Gasteiger partial charge >= 0.3 is 11.9 Å². The van der Waals surface area contributed by atoms with Gasteiger partial charge in [0.05, 0.1) is 7.11 Å². The number of carboxylic acids is 1. The van der Waals surface area contributed by atoms with Gasteiger partial charge in [-0.2, -0.15) is 0 Å². The first-order valence-electron chi connectivity index (χ1n) is 4.44. The van der Waals surface area contributed by atoms with Crippen LogP contribution in [-0.2, 0) is 4.74 Å². The minimum atomic E-state index is -1.29. The largest absolute Gasteiger partial charge is 0.492 e. The number of rotatable bonds is 2. The molecule has 0 spiro atoms. The highest BCUT2D eigenvalue weighted by atomic mass is 16.5. The Hall–Kier alpha value is -2.64. The number of methoxy groups -OCH3 is 1. The Bertz CT molecular complexity index is 618. The Kier molecular flexibility index (Phi) is 2.39. The molecule has 8 nitrogen and oxygen atoms in total. The first kappa shape index (κ1) is 10.9. The molecule has 0 radical (unpaired) electrons. The van der Waals surface area contributed by atoms with Crippen LogP contribution in [0.2, 0.25) is 0 Å². The van der Waals surface area contributed by atoms with Gasteiger partial charge in [-0.15, -0.1) is 5.10 Å². The van der Waals surface area contributed by atoms with Crippen LogP contribution in [0.25, 0.3) is 5.65 Å². The number of fused-ring (bicyclic) bond motifs is 1. The maximum absolute atomic E-state index is 11.4. The van der Waals surface area contributed by atoms with Crippen LogP contribution in [0.5, 0.6) is 5.88 Å². The Balaban J connectivity index is 2.77. The zero-order chi connectivity index (χ0) is 12.6. The molecule has 0 saturated carbocycles. The van der Waals surface area contributed by atoms with Crippen molar-refractivity contribution in [3.63, 3.8) is 0 Å². The molecule has 2 rings (SSSR count). The number of carboxylic acid groups (broad SMARTS) is 1. The van der Waals surface area contributed by atoms with Crippen molar-refractivity contribution in [2.45, 2.75) is 0 Å². The number of aromatic carboxylic acids is 1. The second-order valence-corrected chi connectivity index (χ2v) is 3.10. The van der Waals surface area contributed by atoms with Crippen LogP contribution in [0, 0.1) is 0 Å². The van der Waals surface area contributed by atoms with Crippen LogP contribution in [0.3, 0.4) is 0 Å². The molecule has 8 heteroatoms. The lowest BCUT2D eigenvalue weighted by Crippen LogP contribution is -2.13. The molecule has 0 fully saturated rings. The third kappa shape index (κ3) is 1.75. The third-order valence-electron chi connectivity index (χ3n) is 2.03. The Labute approximate surface area is 94.1 Å². The quantitative estimate of drug-likeness (QED) is 0.702.